The molecule has 3 rings (SSSR count). The van der Waals surface area contributed by atoms with E-state index >= 15 is 0 Å². The third-order valence-corrected chi connectivity index (χ3v) is 8.30. The lowest BCUT2D eigenvalue weighted by atomic mass is 10.0. The lowest BCUT2D eigenvalue weighted by molar-refractivity contribution is -0.140. The summed E-state index contributed by atoms with van der Waals surface area (Å²) in [6.45, 7) is 2.83. The molecule has 2 atom stereocenters. The molecule has 0 aliphatic rings. The van der Waals surface area contributed by atoms with E-state index in [1.807, 2.05) is 44.2 Å². The summed E-state index contributed by atoms with van der Waals surface area (Å²) in [6.07, 6.45) is 1.68. The Morgan fingerprint density at radius 1 is 0.950 bits per heavy atom. The predicted molar refractivity (Wildman–Crippen MR) is 157 cm³/mol. The Labute approximate surface area is 244 Å². The van der Waals surface area contributed by atoms with Gasteiger partial charge in [-0.2, -0.15) is 0 Å². The Balaban J connectivity index is 2.12. The maximum atomic E-state index is 14.7. The molecule has 0 spiro atoms. The maximum absolute atomic E-state index is 14.7. The fourth-order valence-electron chi connectivity index (χ4n) is 4.10. The number of sulfonamides is 1. The first-order chi connectivity index (χ1) is 18.9. The monoisotopic (exact) mass is 607 g/mol. The molecule has 0 bridgehead atoms. The average molecular weight is 609 g/mol. The highest BCUT2D eigenvalue weighted by Crippen LogP contribution is 2.28. The van der Waals surface area contributed by atoms with Gasteiger partial charge in [0.2, 0.25) is 21.8 Å². The summed E-state index contributed by atoms with van der Waals surface area (Å²) in [6, 6.07) is 18.0. The zero-order valence-electron chi connectivity index (χ0n) is 22.5. The number of anilines is 1. The van der Waals surface area contributed by atoms with E-state index in [1.54, 1.807) is 18.2 Å². The van der Waals surface area contributed by atoms with Gasteiger partial charge in [-0.05, 0) is 43.2 Å². The molecule has 0 unspecified atom stereocenters. The van der Waals surface area contributed by atoms with Gasteiger partial charge < -0.3 is 10.2 Å². The standard InChI is InChI=1S/C29H32Cl2FN3O4S/c1-4-20(2)33-29(37)27(17-21-11-6-5-7-12-21)34(18-22-23(30)13-10-14-24(22)31)28(36)19-35(40(3,38)39)26-16-9-8-15-25(26)32/h5-16,20,27H,4,17-19H2,1-3H3,(H,33,37)/t20-,27-/m1/s1. The summed E-state index contributed by atoms with van der Waals surface area (Å²) in [7, 11) is -4.09. The zero-order valence-corrected chi connectivity index (χ0v) is 24.8. The molecule has 0 saturated heterocycles. The molecule has 3 aromatic carbocycles. The Hall–Kier alpha value is -3.14. The summed E-state index contributed by atoms with van der Waals surface area (Å²) in [5, 5.41) is 3.49. The minimum absolute atomic E-state index is 0.134. The van der Waals surface area contributed by atoms with Crippen molar-refractivity contribution in [3.63, 3.8) is 0 Å². The molecule has 0 heterocycles. The van der Waals surface area contributed by atoms with Gasteiger partial charge in [-0.25, -0.2) is 12.8 Å². The molecule has 0 radical (unpaired) electrons. The van der Waals surface area contributed by atoms with Crippen LogP contribution in [0.1, 0.15) is 31.4 Å². The number of carbonyl (C=O) groups is 2. The third-order valence-electron chi connectivity index (χ3n) is 6.46. The summed E-state index contributed by atoms with van der Waals surface area (Å²) in [4.78, 5) is 29.0. The third kappa shape index (κ3) is 8.19. The van der Waals surface area contributed by atoms with Crippen LogP contribution in [0.2, 0.25) is 10.0 Å². The normalized spacial score (nSPS) is 12.8. The highest BCUT2D eigenvalue weighted by Gasteiger charge is 2.34. The van der Waals surface area contributed by atoms with Crippen molar-refractivity contribution in [2.24, 2.45) is 0 Å². The van der Waals surface area contributed by atoms with Crippen LogP contribution in [-0.2, 0) is 32.6 Å². The van der Waals surface area contributed by atoms with Gasteiger partial charge in [-0.3, -0.25) is 13.9 Å². The largest absolute Gasteiger partial charge is 0.352 e. The molecule has 0 aromatic heterocycles. The van der Waals surface area contributed by atoms with E-state index in [0.717, 1.165) is 17.9 Å². The number of hydrogen-bond donors (Lipinski definition) is 1. The van der Waals surface area contributed by atoms with Gasteiger partial charge in [0, 0.05) is 34.6 Å². The average Bonchev–Trinajstić information content (AvgIpc) is 2.91. The van der Waals surface area contributed by atoms with Crippen molar-refractivity contribution >= 4 is 50.7 Å². The van der Waals surface area contributed by atoms with E-state index in [4.69, 9.17) is 23.2 Å². The molecule has 40 heavy (non-hydrogen) atoms. The molecule has 0 aliphatic heterocycles. The highest BCUT2D eigenvalue weighted by atomic mass is 35.5. The minimum atomic E-state index is -4.09. The van der Waals surface area contributed by atoms with Crippen molar-refractivity contribution in [1.29, 1.82) is 0 Å². The number of rotatable bonds is 12. The molecule has 2 amide bonds. The lowest BCUT2D eigenvalue weighted by Gasteiger charge is -2.34. The van der Waals surface area contributed by atoms with E-state index < -0.39 is 40.2 Å². The number of nitrogens with one attached hydrogen (secondary N) is 1. The van der Waals surface area contributed by atoms with E-state index in [0.29, 0.717) is 16.3 Å². The first-order valence-corrected chi connectivity index (χ1v) is 15.3. The second kappa shape index (κ2) is 14.0. The summed E-state index contributed by atoms with van der Waals surface area (Å²) < 4.78 is 40.9. The second-order valence-electron chi connectivity index (χ2n) is 9.47. The Kier molecular flexibility index (Phi) is 11.0. The molecule has 214 valence electrons. The quantitative estimate of drug-likeness (QED) is 0.296. The SMILES string of the molecule is CC[C@@H](C)NC(=O)[C@@H](Cc1ccccc1)N(Cc1c(Cl)cccc1Cl)C(=O)CN(c1ccccc1F)S(C)(=O)=O. The molecule has 3 aromatic rings. The van der Waals surface area contributed by atoms with E-state index in [9.17, 15) is 22.4 Å². The van der Waals surface area contributed by atoms with Crippen LogP contribution in [0.25, 0.3) is 0 Å². The summed E-state index contributed by atoms with van der Waals surface area (Å²) in [5.41, 5.74) is 0.895. The summed E-state index contributed by atoms with van der Waals surface area (Å²) >= 11 is 12.9. The van der Waals surface area contributed by atoms with Crippen molar-refractivity contribution < 1.29 is 22.4 Å². The van der Waals surface area contributed by atoms with Crippen LogP contribution in [0.4, 0.5) is 10.1 Å². The van der Waals surface area contributed by atoms with Crippen LogP contribution < -0.4 is 9.62 Å². The number of nitrogens with zero attached hydrogens (tertiary/aromatic N) is 2. The first-order valence-electron chi connectivity index (χ1n) is 12.7. The zero-order chi connectivity index (χ0) is 29.4. The van der Waals surface area contributed by atoms with Gasteiger partial charge in [0.1, 0.15) is 18.4 Å². The van der Waals surface area contributed by atoms with Crippen molar-refractivity contribution in [2.45, 2.75) is 45.3 Å². The molecule has 0 saturated carbocycles. The predicted octanol–water partition coefficient (Wildman–Crippen LogP) is 5.45. The number of para-hydroxylation sites is 1. The Morgan fingerprint density at radius 2 is 1.55 bits per heavy atom. The number of benzene rings is 3. The number of halogens is 3. The van der Waals surface area contributed by atoms with Crippen LogP contribution in [0.15, 0.2) is 72.8 Å². The van der Waals surface area contributed by atoms with Gasteiger partial charge in [-0.15, -0.1) is 0 Å². The van der Waals surface area contributed by atoms with Gasteiger partial charge in [0.25, 0.3) is 0 Å². The topological polar surface area (TPSA) is 86.8 Å². The number of amides is 2. The van der Waals surface area contributed by atoms with Gasteiger partial charge in [0.15, 0.2) is 0 Å². The fraction of sp³-hybridized carbons (Fsp3) is 0.310. The van der Waals surface area contributed by atoms with Gasteiger partial charge >= 0.3 is 0 Å². The number of hydrogen-bond acceptors (Lipinski definition) is 4. The van der Waals surface area contributed by atoms with Crippen LogP contribution in [-0.4, -0.2) is 50.0 Å². The van der Waals surface area contributed by atoms with Crippen molar-refractivity contribution in [1.82, 2.24) is 10.2 Å². The van der Waals surface area contributed by atoms with Crippen LogP contribution in [0.3, 0.4) is 0 Å². The van der Waals surface area contributed by atoms with Crippen LogP contribution in [0, 0.1) is 5.82 Å². The molecule has 1 N–H and O–H groups in total. The Bertz CT molecular complexity index is 1420. The summed E-state index contributed by atoms with van der Waals surface area (Å²) in [5.74, 6) is -1.96. The maximum Gasteiger partial charge on any atom is 0.244 e. The fourth-order valence-corrected chi connectivity index (χ4v) is 5.46. The highest BCUT2D eigenvalue weighted by molar-refractivity contribution is 7.92. The van der Waals surface area contributed by atoms with Crippen LogP contribution in [0.5, 0.6) is 0 Å². The molecule has 0 aliphatic carbocycles. The van der Waals surface area contributed by atoms with E-state index in [1.165, 1.54) is 23.1 Å². The smallest absolute Gasteiger partial charge is 0.244 e. The molecular formula is C29H32Cl2FN3O4S. The molecule has 0 fully saturated rings. The minimum Gasteiger partial charge on any atom is -0.352 e. The molecule has 7 nitrogen and oxygen atoms in total. The Morgan fingerprint density at radius 3 is 2.12 bits per heavy atom. The number of carbonyl (C=O) groups excluding carboxylic acids is 2. The first kappa shape index (κ1) is 31.4. The van der Waals surface area contributed by atoms with Crippen molar-refractivity contribution in [3.8, 4) is 0 Å². The van der Waals surface area contributed by atoms with Gasteiger partial charge in [0.05, 0.1) is 11.9 Å². The lowest BCUT2D eigenvalue weighted by Crippen LogP contribution is -2.54. The van der Waals surface area contributed by atoms with Gasteiger partial charge in [-0.1, -0.05) is 78.7 Å². The molecule has 11 heteroatoms. The van der Waals surface area contributed by atoms with Crippen molar-refractivity contribution in [2.75, 3.05) is 17.1 Å². The van der Waals surface area contributed by atoms with E-state index in [-0.39, 0.29) is 34.7 Å². The van der Waals surface area contributed by atoms with Crippen LogP contribution >= 0.6 is 23.2 Å². The molecular weight excluding hydrogens is 576 g/mol. The van der Waals surface area contributed by atoms with E-state index in [2.05, 4.69) is 5.32 Å². The second-order valence-corrected chi connectivity index (χ2v) is 12.2. The van der Waals surface area contributed by atoms with Crippen molar-refractivity contribution in [3.05, 3.63) is 99.8 Å².